The number of amides is 1. The molecule has 66 valence electrons. The molecule has 0 aliphatic heterocycles. The molecule has 0 atom stereocenters. The smallest absolute Gasteiger partial charge is 0.223 e. The van der Waals surface area contributed by atoms with Crippen LogP contribution in [0.2, 0.25) is 0 Å². The lowest BCUT2D eigenvalue weighted by Gasteiger charge is -2.03. The van der Waals surface area contributed by atoms with E-state index in [1.165, 1.54) is 0 Å². The van der Waals surface area contributed by atoms with Crippen LogP contribution in [0.4, 0.5) is 0 Å². The summed E-state index contributed by atoms with van der Waals surface area (Å²) in [7, 11) is 0. The molecule has 0 unspecified atom stereocenters. The molecule has 0 fully saturated rings. The third-order valence-corrected chi connectivity index (χ3v) is 1.55. The zero-order chi connectivity index (χ0) is 9.14. The summed E-state index contributed by atoms with van der Waals surface area (Å²) in [5.41, 5.74) is 5.75. The number of nitrogens with two attached hydrogens (primary N) is 1. The van der Waals surface area contributed by atoms with E-state index < -0.39 is 0 Å². The molecule has 0 bridgehead atoms. The second-order valence-electron chi connectivity index (χ2n) is 3.02. The monoisotopic (exact) mass is 167 g/mol. The number of carbonyl (C=O) groups excluding carboxylic acids is 1. The van der Waals surface area contributed by atoms with Crippen LogP contribution in [0.25, 0.3) is 0 Å². The molecule has 1 aromatic heterocycles. The highest BCUT2D eigenvalue weighted by atomic mass is 16.1. The third-order valence-electron chi connectivity index (χ3n) is 1.55. The SMILES string of the molecule is CC(C)n1ccc(CC(N)=O)n1. The van der Waals surface area contributed by atoms with Crippen molar-refractivity contribution in [3.8, 4) is 0 Å². The molecule has 0 aliphatic carbocycles. The van der Waals surface area contributed by atoms with Gasteiger partial charge < -0.3 is 5.73 Å². The summed E-state index contributed by atoms with van der Waals surface area (Å²) < 4.78 is 1.80. The van der Waals surface area contributed by atoms with Crippen LogP contribution in [0.3, 0.4) is 0 Å². The molecule has 0 aliphatic rings. The summed E-state index contributed by atoms with van der Waals surface area (Å²) >= 11 is 0. The highest BCUT2D eigenvalue weighted by Crippen LogP contribution is 2.03. The predicted molar refractivity (Wildman–Crippen MR) is 45.5 cm³/mol. The fourth-order valence-electron chi connectivity index (χ4n) is 0.938. The lowest BCUT2D eigenvalue weighted by atomic mass is 10.3. The van der Waals surface area contributed by atoms with Crippen molar-refractivity contribution in [2.45, 2.75) is 26.3 Å². The normalized spacial score (nSPS) is 10.6. The topological polar surface area (TPSA) is 60.9 Å². The van der Waals surface area contributed by atoms with E-state index in [0.29, 0.717) is 6.04 Å². The van der Waals surface area contributed by atoms with Crippen molar-refractivity contribution in [1.82, 2.24) is 9.78 Å². The molecule has 1 heterocycles. The lowest BCUT2D eigenvalue weighted by Crippen LogP contribution is -2.14. The Hall–Kier alpha value is -1.32. The van der Waals surface area contributed by atoms with Gasteiger partial charge in [-0.05, 0) is 19.9 Å². The minimum atomic E-state index is -0.344. The van der Waals surface area contributed by atoms with Crippen LogP contribution < -0.4 is 5.73 Å². The highest BCUT2D eigenvalue weighted by molar-refractivity contribution is 5.75. The van der Waals surface area contributed by atoms with Crippen LogP contribution in [0.5, 0.6) is 0 Å². The van der Waals surface area contributed by atoms with Crippen molar-refractivity contribution in [3.05, 3.63) is 18.0 Å². The van der Waals surface area contributed by atoms with E-state index in [1.807, 2.05) is 26.1 Å². The van der Waals surface area contributed by atoms with E-state index in [0.717, 1.165) is 5.69 Å². The van der Waals surface area contributed by atoms with Crippen LogP contribution in [-0.2, 0) is 11.2 Å². The number of carbonyl (C=O) groups is 1. The first-order chi connectivity index (χ1) is 5.59. The van der Waals surface area contributed by atoms with E-state index >= 15 is 0 Å². The second kappa shape index (κ2) is 3.38. The van der Waals surface area contributed by atoms with Gasteiger partial charge in [0.2, 0.25) is 5.91 Å². The molecule has 1 rings (SSSR count). The largest absolute Gasteiger partial charge is 0.369 e. The lowest BCUT2D eigenvalue weighted by molar-refractivity contribution is -0.117. The van der Waals surface area contributed by atoms with Gasteiger partial charge in [0.1, 0.15) is 0 Å². The van der Waals surface area contributed by atoms with Gasteiger partial charge in [-0.1, -0.05) is 0 Å². The molecule has 2 N–H and O–H groups in total. The van der Waals surface area contributed by atoms with Crippen molar-refractivity contribution in [2.75, 3.05) is 0 Å². The Kier molecular flexibility index (Phi) is 2.47. The summed E-state index contributed by atoms with van der Waals surface area (Å²) in [5.74, 6) is -0.344. The molecule has 4 nitrogen and oxygen atoms in total. The maximum absolute atomic E-state index is 10.5. The van der Waals surface area contributed by atoms with E-state index in [9.17, 15) is 4.79 Å². The number of primary amides is 1. The van der Waals surface area contributed by atoms with E-state index in [2.05, 4.69) is 5.10 Å². The van der Waals surface area contributed by atoms with Gasteiger partial charge in [0, 0.05) is 12.2 Å². The predicted octanol–water partition coefficient (Wildman–Crippen LogP) is 0.492. The van der Waals surface area contributed by atoms with Gasteiger partial charge in [0.15, 0.2) is 0 Å². The summed E-state index contributed by atoms with van der Waals surface area (Å²) in [5, 5.41) is 4.17. The first-order valence-corrected chi connectivity index (χ1v) is 3.92. The first-order valence-electron chi connectivity index (χ1n) is 3.92. The molecule has 0 saturated carbocycles. The molecule has 0 saturated heterocycles. The molecule has 1 amide bonds. The van der Waals surface area contributed by atoms with Crippen molar-refractivity contribution in [2.24, 2.45) is 5.73 Å². The van der Waals surface area contributed by atoms with Gasteiger partial charge in [0.05, 0.1) is 12.1 Å². The maximum Gasteiger partial charge on any atom is 0.223 e. The zero-order valence-electron chi connectivity index (χ0n) is 7.32. The Balaban J connectivity index is 2.70. The number of hydrogen-bond acceptors (Lipinski definition) is 2. The quantitative estimate of drug-likeness (QED) is 0.712. The van der Waals surface area contributed by atoms with Crippen LogP contribution in [0, 0.1) is 0 Å². The molecule has 0 radical (unpaired) electrons. The summed E-state index contributed by atoms with van der Waals surface area (Å²) in [6.07, 6.45) is 2.07. The number of hydrogen-bond donors (Lipinski definition) is 1. The third kappa shape index (κ3) is 2.08. The Labute approximate surface area is 71.4 Å². The van der Waals surface area contributed by atoms with Crippen molar-refractivity contribution in [1.29, 1.82) is 0 Å². The second-order valence-corrected chi connectivity index (χ2v) is 3.02. The molecule has 1 aromatic rings. The van der Waals surface area contributed by atoms with Gasteiger partial charge in [-0.15, -0.1) is 0 Å². The standard InChI is InChI=1S/C8H13N3O/c1-6(2)11-4-3-7(10-11)5-8(9)12/h3-4,6H,5H2,1-2H3,(H2,9,12). The summed E-state index contributed by atoms with van der Waals surface area (Å²) in [4.78, 5) is 10.5. The van der Waals surface area contributed by atoms with Crippen LogP contribution in [0.15, 0.2) is 12.3 Å². The van der Waals surface area contributed by atoms with Gasteiger partial charge in [-0.25, -0.2) is 0 Å². The van der Waals surface area contributed by atoms with Crippen LogP contribution in [-0.4, -0.2) is 15.7 Å². The maximum atomic E-state index is 10.5. The Bertz CT molecular complexity index is 278. The van der Waals surface area contributed by atoms with Crippen molar-refractivity contribution >= 4 is 5.91 Å². The summed E-state index contributed by atoms with van der Waals surface area (Å²) in [6.45, 7) is 4.06. The number of nitrogens with zero attached hydrogens (tertiary/aromatic N) is 2. The average Bonchev–Trinajstić information content (AvgIpc) is 2.34. The summed E-state index contributed by atoms with van der Waals surface area (Å²) in [6, 6.07) is 2.14. The molecule has 0 spiro atoms. The average molecular weight is 167 g/mol. The van der Waals surface area contributed by atoms with E-state index in [-0.39, 0.29) is 12.3 Å². The Morgan fingerprint density at radius 1 is 1.75 bits per heavy atom. The molecule has 12 heavy (non-hydrogen) atoms. The van der Waals surface area contributed by atoms with Crippen molar-refractivity contribution in [3.63, 3.8) is 0 Å². The molecular weight excluding hydrogens is 154 g/mol. The number of aromatic nitrogens is 2. The van der Waals surface area contributed by atoms with Gasteiger partial charge in [0.25, 0.3) is 0 Å². The minimum absolute atomic E-state index is 0.222. The Morgan fingerprint density at radius 3 is 2.83 bits per heavy atom. The Morgan fingerprint density at radius 2 is 2.42 bits per heavy atom. The molecule has 0 aromatic carbocycles. The van der Waals surface area contributed by atoms with Crippen LogP contribution in [0.1, 0.15) is 25.6 Å². The van der Waals surface area contributed by atoms with Gasteiger partial charge in [-0.2, -0.15) is 5.10 Å². The molecule has 4 heteroatoms. The fraction of sp³-hybridized carbons (Fsp3) is 0.500. The first kappa shape index (κ1) is 8.77. The van der Waals surface area contributed by atoms with E-state index in [4.69, 9.17) is 5.73 Å². The van der Waals surface area contributed by atoms with Gasteiger partial charge in [-0.3, -0.25) is 9.48 Å². The van der Waals surface area contributed by atoms with Crippen LogP contribution >= 0.6 is 0 Å². The minimum Gasteiger partial charge on any atom is -0.369 e. The molecular formula is C8H13N3O. The van der Waals surface area contributed by atoms with E-state index in [1.54, 1.807) is 4.68 Å². The van der Waals surface area contributed by atoms with Gasteiger partial charge >= 0.3 is 0 Å². The zero-order valence-corrected chi connectivity index (χ0v) is 7.32. The number of rotatable bonds is 3. The van der Waals surface area contributed by atoms with Crippen molar-refractivity contribution < 1.29 is 4.79 Å². The highest BCUT2D eigenvalue weighted by Gasteiger charge is 2.03. The fourth-order valence-corrected chi connectivity index (χ4v) is 0.938.